The van der Waals surface area contributed by atoms with E-state index in [9.17, 15) is 4.79 Å². The average Bonchev–Trinajstić information content (AvgIpc) is 2.28. The highest BCUT2D eigenvalue weighted by Crippen LogP contribution is 2.25. The molecule has 1 fully saturated rings. The lowest BCUT2D eigenvalue weighted by Gasteiger charge is -2.34. The van der Waals surface area contributed by atoms with Crippen LogP contribution in [-0.2, 0) is 9.53 Å². The van der Waals surface area contributed by atoms with Crippen molar-refractivity contribution in [2.45, 2.75) is 32.5 Å². The van der Waals surface area contributed by atoms with Gasteiger partial charge in [-0.1, -0.05) is 17.7 Å². The zero-order chi connectivity index (χ0) is 11.5. The third kappa shape index (κ3) is 2.25. The van der Waals surface area contributed by atoms with Gasteiger partial charge in [-0.25, -0.2) is 0 Å². The van der Waals surface area contributed by atoms with Crippen molar-refractivity contribution in [1.29, 1.82) is 0 Å². The maximum atomic E-state index is 11.3. The Hall–Kier alpha value is -1.35. The normalized spacial score (nSPS) is 24.0. The molecular formula is C13H16O3. The summed E-state index contributed by atoms with van der Waals surface area (Å²) >= 11 is 0. The molecule has 3 heteroatoms. The molecule has 0 saturated heterocycles. The molecule has 1 aliphatic rings. The first kappa shape index (κ1) is 11.1. The van der Waals surface area contributed by atoms with E-state index in [2.05, 4.69) is 0 Å². The molecule has 0 radical (unpaired) electrons. The zero-order valence-corrected chi connectivity index (χ0v) is 9.60. The number of rotatable bonds is 4. The molecule has 2 rings (SSSR count). The standard InChI is InChI=1S/C13H16O3/c1-3-15-13-11(14)8-12(13)16-10-6-4-9(2)5-7-10/h4-7,12-13H,3,8H2,1-2H3. The largest absolute Gasteiger partial charge is 0.487 e. The van der Waals surface area contributed by atoms with Crippen LogP contribution in [0.15, 0.2) is 24.3 Å². The van der Waals surface area contributed by atoms with Gasteiger partial charge in [0.25, 0.3) is 0 Å². The van der Waals surface area contributed by atoms with E-state index in [0.717, 1.165) is 5.75 Å². The second-order valence-electron chi connectivity index (χ2n) is 4.02. The number of ketones is 1. The summed E-state index contributed by atoms with van der Waals surface area (Å²) in [5, 5.41) is 0. The molecule has 1 aliphatic carbocycles. The van der Waals surface area contributed by atoms with E-state index in [1.54, 1.807) is 0 Å². The van der Waals surface area contributed by atoms with Crippen LogP contribution < -0.4 is 4.74 Å². The predicted molar refractivity (Wildman–Crippen MR) is 60.6 cm³/mol. The molecule has 2 unspecified atom stereocenters. The quantitative estimate of drug-likeness (QED) is 0.779. The number of carbonyl (C=O) groups excluding carboxylic acids is 1. The minimum atomic E-state index is -0.369. The van der Waals surface area contributed by atoms with Gasteiger partial charge in [-0.05, 0) is 26.0 Å². The molecule has 0 bridgehead atoms. The molecule has 1 saturated carbocycles. The van der Waals surface area contributed by atoms with Crippen molar-refractivity contribution in [2.75, 3.05) is 6.61 Å². The Morgan fingerprint density at radius 1 is 1.31 bits per heavy atom. The summed E-state index contributed by atoms with van der Waals surface area (Å²) in [4.78, 5) is 11.3. The van der Waals surface area contributed by atoms with Crippen LogP contribution in [0, 0.1) is 6.92 Å². The van der Waals surface area contributed by atoms with Gasteiger partial charge in [0.05, 0.1) is 0 Å². The minimum absolute atomic E-state index is 0.116. The molecular weight excluding hydrogens is 204 g/mol. The molecule has 1 aromatic carbocycles. The molecule has 3 nitrogen and oxygen atoms in total. The topological polar surface area (TPSA) is 35.5 Å². The number of hydrogen-bond acceptors (Lipinski definition) is 3. The molecule has 0 amide bonds. The number of benzene rings is 1. The Morgan fingerprint density at radius 3 is 2.56 bits per heavy atom. The highest BCUT2D eigenvalue weighted by Gasteiger charge is 2.42. The maximum Gasteiger partial charge on any atom is 0.169 e. The number of ether oxygens (including phenoxy) is 2. The summed E-state index contributed by atoms with van der Waals surface area (Å²) in [6.45, 7) is 4.46. The molecule has 86 valence electrons. The molecule has 16 heavy (non-hydrogen) atoms. The van der Waals surface area contributed by atoms with Crippen molar-refractivity contribution in [1.82, 2.24) is 0 Å². The van der Waals surface area contributed by atoms with Crippen LogP contribution in [0.5, 0.6) is 5.75 Å². The Morgan fingerprint density at radius 2 is 2.00 bits per heavy atom. The van der Waals surface area contributed by atoms with Crippen molar-refractivity contribution in [3.05, 3.63) is 29.8 Å². The summed E-state index contributed by atoms with van der Waals surface area (Å²) in [6, 6.07) is 7.82. The first-order valence-corrected chi connectivity index (χ1v) is 5.58. The maximum absolute atomic E-state index is 11.3. The fourth-order valence-electron chi connectivity index (χ4n) is 1.74. The van der Waals surface area contributed by atoms with Crippen LogP contribution in [0.3, 0.4) is 0 Å². The lowest BCUT2D eigenvalue weighted by molar-refractivity contribution is -0.154. The first-order valence-electron chi connectivity index (χ1n) is 5.58. The van der Waals surface area contributed by atoms with E-state index in [-0.39, 0.29) is 18.0 Å². The van der Waals surface area contributed by atoms with Crippen molar-refractivity contribution in [3.8, 4) is 5.75 Å². The van der Waals surface area contributed by atoms with Crippen LogP contribution in [0.1, 0.15) is 18.9 Å². The minimum Gasteiger partial charge on any atom is -0.487 e. The number of Topliss-reactive ketones (excluding diaryl/α,β-unsaturated/α-hetero) is 1. The van der Waals surface area contributed by atoms with Gasteiger partial charge in [0.2, 0.25) is 0 Å². The smallest absolute Gasteiger partial charge is 0.169 e. The van der Waals surface area contributed by atoms with Crippen LogP contribution >= 0.6 is 0 Å². The second-order valence-corrected chi connectivity index (χ2v) is 4.02. The highest BCUT2D eigenvalue weighted by atomic mass is 16.5. The van der Waals surface area contributed by atoms with E-state index in [0.29, 0.717) is 13.0 Å². The first-order chi connectivity index (χ1) is 7.70. The summed E-state index contributed by atoms with van der Waals surface area (Å²) in [5.74, 6) is 0.937. The number of hydrogen-bond donors (Lipinski definition) is 0. The third-order valence-corrected chi connectivity index (χ3v) is 2.71. The summed E-state index contributed by atoms with van der Waals surface area (Å²) in [5.41, 5.74) is 1.19. The SMILES string of the molecule is CCOC1C(=O)CC1Oc1ccc(C)cc1. The van der Waals surface area contributed by atoms with Crippen molar-refractivity contribution < 1.29 is 14.3 Å². The van der Waals surface area contributed by atoms with Crippen molar-refractivity contribution in [2.24, 2.45) is 0 Å². The van der Waals surface area contributed by atoms with Gasteiger partial charge in [-0.15, -0.1) is 0 Å². The summed E-state index contributed by atoms with van der Waals surface area (Å²) in [7, 11) is 0. The molecule has 0 aliphatic heterocycles. The van der Waals surface area contributed by atoms with Crippen LogP contribution in [-0.4, -0.2) is 24.6 Å². The fourth-order valence-corrected chi connectivity index (χ4v) is 1.74. The lowest BCUT2D eigenvalue weighted by atomic mass is 9.90. The van der Waals surface area contributed by atoms with Crippen LogP contribution in [0.25, 0.3) is 0 Å². The van der Waals surface area contributed by atoms with Gasteiger partial charge in [0.1, 0.15) is 11.9 Å². The molecule has 0 spiro atoms. The molecule has 0 N–H and O–H groups in total. The van der Waals surface area contributed by atoms with Gasteiger partial charge in [0.15, 0.2) is 11.9 Å². The molecule has 0 heterocycles. The van der Waals surface area contributed by atoms with Gasteiger partial charge in [-0.2, -0.15) is 0 Å². The number of carbonyl (C=O) groups is 1. The Bertz CT molecular complexity index is 369. The Balaban J connectivity index is 1.95. The summed E-state index contributed by atoms with van der Waals surface area (Å²) in [6.07, 6.45) is -0.0279. The van der Waals surface area contributed by atoms with E-state index in [1.807, 2.05) is 38.1 Å². The average molecular weight is 220 g/mol. The van der Waals surface area contributed by atoms with Gasteiger partial charge in [0, 0.05) is 13.0 Å². The molecule has 0 aromatic heterocycles. The van der Waals surface area contributed by atoms with Gasteiger partial charge >= 0.3 is 0 Å². The Kier molecular flexibility index (Phi) is 3.25. The van der Waals surface area contributed by atoms with Crippen LogP contribution in [0.4, 0.5) is 0 Å². The van der Waals surface area contributed by atoms with Crippen molar-refractivity contribution in [3.63, 3.8) is 0 Å². The van der Waals surface area contributed by atoms with Crippen molar-refractivity contribution >= 4 is 5.78 Å². The molecule has 2 atom stereocenters. The zero-order valence-electron chi connectivity index (χ0n) is 9.60. The van der Waals surface area contributed by atoms with Gasteiger partial charge < -0.3 is 9.47 Å². The highest BCUT2D eigenvalue weighted by molar-refractivity contribution is 5.90. The lowest BCUT2D eigenvalue weighted by Crippen LogP contribution is -2.52. The van der Waals surface area contributed by atoms with E-state index in [1.165, 1.54) is 5.56 Å². The number of aryl methyl sites for hydroxylation is 1. The van der Waals surface area contributed by atoms with E-state index >= 15 is 0 Å². The van der Waals surface area contributed by atoms with E-state index < -0.39 is 0 Å². The summed E-state index contributed by atoms with van der Waals surface area (Å²) < 4.78 is 11.0. The van der Waals surface area contributed by atoms with Crippen LogP contribution in [0.2, 0.25) is 0 Å². The van der Waals surface area contributed by atoms with E-state index in [4.69, 9.17) is 9.47 Å². The van der Waals surface area contributed by atoms with Gasteiger partial charge in [-0.3, -0.25) is 4.79 Å². The second kappa shape index (κ2) is 4.66. The fraction of sp³-hybridized carbons (Fsp3) is 0.462. The third-order valence-electron chi connectivity index (χ3n) is 2.71. The molecule has 1 aromatic rings. The Labute approximate surface area is 95.4 Å². The predicted octanol–water partition coefficient (Wildman–Crippen LogP) is 2.12. The monoisotopic (exact) mass is 220 g/mol.